The molecular formula is C29H45NO6S. The van der Waals surface area contributed by atoms with Crippen molar-refractivity contribution in [1.82, 2.24) is 0 Å². The van der Waals surface area contributed by atoms with Gasteiger partial charge in [0.1, 0.15) is 11.2 Å². The largest absolute Gasteiger partial charge is 0.460 e. The van der Waals surface area contributed by atoms with E-state index in [4.69, 9.17) is 16.0 Å². The topological polar surface area (TPSA) is 91.1 Å². The number of aryl methyl sites for hydroxylation is 1. The van der Waals surface area contributed by atoms with Crippen LogP contribution in [-0.4, -0.2) is 36.4 Å². The van der Waals surface area contributed by atoms with Crippen molar-refractivity contribution < 1.29 is 27.5 Å². The molecule has 0 N–H and O–H groups in total. The second-order valence-electron chi connectivity index (χ2n) is 11.7. The fourth-order valence-corrected chi connectivity index (χ4v) is 5.86. The molecule has 7 nitrogen and oxygen atoms in total. The van der Waals surface area contributed by atoms with Gasteiger partial charge in [0, 0.05) is 25.7 Å². The molecule has 208 valence electrons. The lowest BCUT2D eigenvalue weighted by Gasteiger charge is -2.23. The van der Waals surface area contributed by atoms with Gasteiger partial charge in [0.2, 0.25) is 0 Å². The summed E-state index contributed by atoms with van der Waals surface area (Å²) in [6.45, 7) is 20.7. The number of carbonyl (C=O) groups is 2. The lowest BCUT2D eigenvalue weighted by Crippen LogP contribution is -2.35. The molecule has 8 heteroatoms. The average molecular weight is 536 g/mol. The van der Waals surface area contributed by atoms with E-state index in [9.17, 15) is 18.0 Å². The zero-order valence-corrected chi connectivity index (χ0v) is 24.5. The Morgan fingerprint density at radius 1 is 0.757 bits per heavy atom. The maximum atomic E-state index is 13.7. The van der Waals surface area contributed by atoms with Crippen molar-refractivity contribution in [3.63, 3.8) is 0 Å². The maximum absolute atomic E-state index is 13.7. The third kappa shape index (κ3) is 11.7. The van der Waals surface area contributed by atoms with E-state index in [0.29, 0.717) is 38.5 Å². The minimum Gasteiger partial charge on any atom is -0.460 e. The predicted molar refractivity (Wildman–Crippen MR) is 146 cm³/mol. The van der Waals surface area contributed by atoms with Crippen LogP contribution < -0.4 is 0 Å². The zero-order chi connectivity index (χ0) is 28.3. The van der Waals surface area contributed by atoms with E-state index >= 15 is 0 Å². The van der Waals surface area contributed by atoms with Crippen molar-refractivity contribution in [3.05, 3.63) is 41.2 Å². The molecule has 0 aromatic heterocycles. The van der Waals surface area contributed by atoms with Crippen LogP contribution in [-0.2, 0) is 28.9 Å². The molecule has 0 fully saturated rings. The number of nitrogens with zero attached hydrogens (tertiary/aromatic N) is 1. The molecule has 0 saturated carbocycles. The molecule has 0 aliphatic carbocycles. The molecule has 1 aromatic rings. The SMILES string of the molecule is [C-]#[N+]C(CCCCCC(=O)OC(C)(C)C)(CCCCCC(=O)OC(C)(C)C)S(=O)(=O)c1ccc(C)cc1. The summed E-state index contributed by atoms with van der Waals surface area (Å²) in [4.78, 5) is 26.2. The van der Waals surface area contributed by atoms with Gasteiger partial charge in [-0.1, -0.05) is 30.5 Å². The molecule has 0 bridgehead atoms. The lowest BCUT2D eigenvalue weighted by atomic mass is 10.0. The smallest absolute Gasteiger partial charge is 0.333 e. The Labute approximate surface area is 224 Å². The number of ether oxygens (including phenoxy) is 2. The monoisotopic (exact) mass is 535 g/mol. The highest BCUT2D eigenvalue weighted by Gasteiger charge is 2.50. The third-order valence-electron chi connectivity index (χ3n) is 5.77. The summed E-state index contributed by atoms with van der Waals surface area (Å²) in [6.07, 6.45) is 4.31. The van der Waals surface area contributed by atoms with Crippen LogP contribution in [0, 0.1) is 13.5 Å². The van der Waals surface area contributed by atoms with Crippen molar-refractivity contribution >= 4 is 21.8 Å². The fourth-order valence-electron chi connectivity index (χ4n) is 3.98. The molecule has 0 radical (unpaired) electrons. The molecule has 1 aromatic carbocycles. The first-order valence-electron chi connectivity index (χ1n) is 13.1. The number of hydrogen-bond donors (Lipinski definition) is 0. The molecule has 37 heavy (non-hydrogen) atoms. The Bertz CT molecular complexity index is 986. The first-order chi connectivity index (χ1) is 17.0. The Hall–Kier alpha value is -2.40. The number of carbonyl (C=O) groups excluding carboxylic acids is 2. The number of esters is 2. The van der Waals surface area contributed by atoms with E-state index < -0.39 is 25.9 Å². The van der Waals surface area contributed by atoms with Gasteiger partial charge in [-0.25, -0.2) is 15.0 Å². The van der Waals surface area contributed by atoms with Gasteiger partial charge in [-0.2, -0.15) is 0 Å². The van der Waals surface area contributed by atoms with Gasteiger partial charge in [0.05, 0.1) is 4.90 Å². The van der Waals surface area contributed by atoms with E-state index in [1.807, 2.05) is 48.5 Å². The third-order valence-corrected chi connectivity index (χ3v) is 8.16. The number of rotatable bonds is 14. The minimum atomic E-state index is -3.92. The molecule has 0 heterocycles. The Balaban J connectivity index is 2.85. The summed E-state index contributed by atoms with van der Waals surface area (Å²) >= 11 is 0. The summed E-state index contributed by atoms with van der Waals surface area (Å²) in [5.41, 5.74) is -0.138. The van der Waals surface area contributed by atoms with Crippen molar-refractivity contribution in [2.75, 3.05) is 0 Å². The normalized spacial score (nSPS) is 12.6. The van der Waals surface area contributed by atoms with Crippen molar-refractivity contribution in [2.24, 2.45) is 0 Å². The summed E-state index contributed by atoms with van der Waals surface area (Å²) in [7, 11) is -3.92. The molecule has 0 spiro atoms. The first kappa shape index (κ1) is 32.6. The van der Waals surface area contributed by atoms with Crippen LogP contribution in [0.5, 0.6) is 0 Å². The van der Waals surface area contributed by atoms with Crippen LogP contribution in [0.2, 0.25) is 0 Å². The van der Waals surface area contributed by atoms with Gasteiger partial charge < -0.3 is 9.47 Å². The molecule has 1 rings (SSSR count). The second kappa shape index (κ2) is 13.9. The van der Waals surface area contributed by atoms with Gasteiger partial charge in [-0.3, -0.25) is 14.4 Å². The van der Waals surface area contributed by atoms with E-state index in [-0.39, 0.29) is 42.5 Å². The summed E-state index contributed by atoms with van der Waals surface area (Å²) in [5, 5.41) is 0. The lowest BCUT2D eigenvalue weighted by molar-refractivity contribution is -0.156. The first-order valence-corrected chi connectivity index (χ1v) is 14.6. The molecule has 0 aliphatic rings. The van der Waals surface area contributed by atoms with Crippen LogP contribution in [0.25, 0.3) is 4.85 Å². The van der Waals surface area contributed by atoms with E-state index in [0.717, 1.165) is 5.56 Å². The molecule has 0 amide bonds. The maximum Gasteiger partial charge on any atom is 0.333 e. The van der Waals surface area contributed by atoms with Crippen LogP contribution in [0.1, 0.15) is 111 Å². The Morgan fingerprint density at radius 3 is 1.51 bits per heavy atom. The van der Waals surface area contributed by atoms with Crippen molar-refractivity contribution in [2.45, 2.75) is 134 Å². The van der Waals surface area contributed by atoms with Crippen LogP contribution in [0.3, 0.4) is 0 Å². The average Bonchev–Trinajstić information content (AvgIpc) is 2.75. The number of sulfone groups is 1. The number of benzene rings is 1. The van der Waals surface area contributed by atoms with Crippen molar-refractivity contribution in [1.29, 1.82) is 0 Å². The Morgan fingerprint density at radius 2 is 1.16 bits per heavy atom. The van der Waals surface area contributed by atoms with Gasteiger partial charge in [0.25, 0.3) is 9.84 Å². The standard InChI is InChI=1S/C29H45NO6S/c1-23-17-19-24(20-18-23)37(33,34)29(30-8,21-13-9-11-15-25(31)35-27(2,3)4)22-14-10-12-16-26(32)36-28(5,6)7/h17-20H,9-16,21-22H2,1-7H3. The molecule has 0 unspecified atom stereocenters. The van der Waals surface area contributed by atoms with E-state index in [1.54, 1.807) is 24.3 Å². The highest BCUT2D eigenvalue weighted by atomic mass is 32.2. The van der Waals surface area contributed by atoms with E-state index in [1.165, 1.54) is 0 Å². The summed E-state index contributed by atoms with van der Waals surface area (Å²) < 4.78 is 38.0. The molecule has 0 aliphatic heterocycles. The molecular weight excluding hydrogens is 490 g/mol. The van der Waals surface area contributed by atoms with Gasteiger partial charge in [-0.15, -0.1) is 0 Å². The minimum absolute atomic E-state index is 0.150. The van der Waals surface area contributed by atoms with Crippen molar-refractivity contribution in [3.8, 4) is 0 Å². The zero-order valence-electron chi connectivity index (χ0n) is 23.7. The Kier molecular flexibility index (Phi) is 12.3. The van der Waals surface area contributed by atoms with Gasteiger partial charge in [-0.05, 0) is 86.3 Å². The van der Waals surface area contributed by atoms with E-state index in [2.05, 4.69) is 4.85 Å². The fraction of sp³-hybridized carbons (Fsp3) is 0.690. The van der Waals surface area contributed by atoms with Crippen LogP contribution in [0.4, 0.5) is 0 Å². The molecule has 0 saturated heterocycles. The van der Waals surface area contributed by atoms with Gasteiger partial charge in [0.15, 0.2) is 0 Å². The summed E-state index contributed by atoms with van der Waals surface area (Å²) in [5.74, 6) is -0.553. The summed E-state index contributed by atoms with van der Waals surface area (Å²) in [6, 6.07) is 6.61. The van der Waals surface area contributed by atoms with Crippen LogP contribution in [0.15, 0.2) is 29.2 Å². The number of hydrogen-bond acceptors (Lipinski definition) is 6. The highest BCUT2D eigenvalue weighted by molar-refractivity contribution is 7.93. The number of unbranched alkanes of at least 4 members (excludes halogenated alkanes) is 4. The van der Waals surface area contributed by atoms with Crippen LogP contribution >= 0.6 is 0 Å². The highest BCUT2D eigenvalue weighted by Crippen LogP contribution is 2.37. The quantitative estimate of drug-likeness (QED) is 0.145. The second-order valence-corrected chi connectivity index (χ2v) is 13.9. The predicted octanol–water partition coefficient (Wildman–Crippen LogP) is 6.97. The van der Waals surface area contributed by atoms with Gasteiger partial charge >= 0.3 is 16.8 Å². The molecule has 0 atom stereocenters.